The van der Waals surface area contributed by atoms with Gasteiger partial charge in [-0.25, -0.2) is 0 Å². The molecule has 0 amide bonds. The molecule has 2 rings (SSSR count). The normalized spacial score (nSPS) is 25.3. The van der Waals surface area contributed by atoms with Crippen LogP contribution in [0.15, 0.2) is 30.3 Å². The second kappa shape index (κ2) is 4.47. The average molecular weight is 204 g/mol. The molecule has 1 aliphatic heterocycles. The number of ether oxygens (including phenoxy) is 1. The van der Waals surface area contributed by atoms with Gasteiger partial charge in [0.1, 0.15) is 0 Å². The van der Waals surface area contributed by atoms with Crippen molar-refractivity contribution in [2.45, 2.75) is 32.3 Å². The van der Waals surface area contributed by atoms with Gasteiger partial charge >= 0.3 is 5.97 Å². The minimum absolute atomic E-state index is 0.0153. The van der Waals surface area contributed by atoms with E-state index in [1.54, 1.807) is 0 Å². The third-order valence-corrected chi connectivity index (χ3v) is 2.89. The Bertz CT molecular complexity index is 332. The fraction of sp³-hybridized carbons (Fsp3) is 0.462. The van der Waals surface area contributed by atoms with Gasteiger partial charge in [0, 0.05) is 0 Å². The molecule has 1 aromatic carbocycles. The fourth-order valence-electron chi connectivity index (χ4n) is 2.06. The third-order valence-electron chi connectivity index (χ3n) is 2.89. The van der Waals surface area contributed by atoms with E-state index in [4.69, 9.17) is 4.74 Å². The number of esters is 1. The summed E-state index contributed by atoms with van der Waals surface area (Å²) in [5.41, 5.74) is 1.30. The number of rotatable bonds is 3. The van der Waals surface area contributed by atoms with Crippen molar-refractivity contribution in [3.63, 3.8) is 0 Å². The van der Waals surface area contributed by atoms with Crippen molar-refractivity contribution in [2.24, 2.45) is 5.92 Å². The molecule has 0 aliphatic carbocycles. The van der Waals surface area contributed by atoms with Crippen LogP contribution in [0.4, 0.5) is 0 Å². The second-order valence-electron chi connectivity index (χ2n) is 4.20. The van der Waals surface area contributed by atoms with Gasteiger partial charge in [-0.15, -0.1) is 0 Å². The number of hydrogen-bond acceptors (Lipinski definition) is 2. The number of aryl methyl sites for hydroxylation is 1. The number of benzene rings is 1. The van der Waals surface area contributed by atoms with Crippen molar-refractivity contribution in [1.82, 2.24) is 0 Å². The molecular formula is C13H16O2. The molecule has 0 spiro atoms. The van der Waals surface area contributed by atoms with E-state index in [-0.39, 0.29) is 18.0 Å². The van der Waals surface area contributed by atoms with Crippen LogP contribution in [0.3, 0.4) is 0 Å². The zero-order valence-corrected chi connectivity index (χ0v) is 8.98. The minimum atomic E-state index is -0.0153. The highest BCUT2D eigenvalue weighted by atomic mass is 16.5. The highest BCUT2D eigenvalue weighted by Gasteiger charge is 2.30. The first-order valence-electron chi connectivity index (χ1n) is 5.50. The molecule has 1 aromatic rings. The van der Waals surface area contributed by atoms with Crippen LogP contribution in [0.5, 0.6) is 0 Å². The van der Waals surface area contributed by atoms with E-state index in [0.717, 1.165) is 19.3 Å². The van der Waals surface area contributed by atoms with Crippen molar-refractivity contribution < 1.29 is 9.53 Å². The summed E-state index contributed by atoms with van der Waals surface area (Å²) < 4.78 is 5.12. The summed E-state index contributed by atoms with van der Waals surface area (Å²) >= 11 is 0. The lowest BCUT2D eigenvalue weighted by atomic mass is 9.97. The first kappa shape index (κ1) is 10.2. The van der Waals surface area contributed by atoms with E-state index in [1.807, 2.05) is 25.1 Å². The molecular weight excluding hydrogens is 188 g/mol. The molecule has 2 nitrogen and oxygen atoms in total. The lowest BCUT2D eigenvalue weighted by molar-refractivity contribution is -0.143. The van der Waals surface area contributed by atoms with Crippen LogP contribution in [-0.4, -0.2) is 12.1 Å². The Hall–Kier alpha value is -1.31. The van der Waals surface area contributed by atoms with Gasteiger partial charge in [-0.05, 0) is 31.7 Å². The maximum absolute atomic E-state index is 11.4. The lowest BCUT2D eigenvalue weighted by Crippen LogP contribution is -2.08. The monoisotopic (exact) mass is 204 g/mol. The smallest absolute Gasteiger partial charge is 0.309 e. The lowest BCUT2D eigenvalue weighted by Gasteiger charge is -2.04. The standard InChI is InChI=1S/C13H16O2/c1-10-9-12(13(14)15-10)8-7-11-5-3-2-4-6-11/h2-6,10,12H,7-9H2,1H3/t10-,12-/m0/s1. The van der Waals surface area contributed by atoms with Crippen LogP contribution in [0.25, 0.3) is 0 Å². The van der Waals surface area contributed by atoms with Gasteiger partial charge in [-0.2, -0.15) is 0 Å². The zero-order valence-electron chi connectivity index (χ0n) is 8.98. The summed E-state index contributed by atoms with van der Waals surface area (Å²) in [6, 6.07) is 10.3. The molecule has 80 valence electrons. The van der Waals surface area contributed by atoms with Gasteiger partial charge < -0.3 is 4.74 Å². The summed E-state index contributed by atoms with van der Waals surface area (Å²) in [7, 11) is 0. The van der Waals surface area contributed by atoms with E-state index >= 15 is 0 Å². The maximum Gasteiger partial charge on any atom is 0.309 e. The molecule has 0 unspecified atom stereocenters. The quantitative estimate of drug-likeness (QED) is 0.707. The van der Waals surface area contributed by atoms with Gasteiger partial charge in [0.2, 0.25) is 0 Å². The van der Waals surface area contributed by atoms with E-state index < -0.39 is 0 Å². The zero-order chi connectivity index (χ0) is 10.7. The predicted octanol–water partition coefficient (Wildman–Crippen LogP) is 2.57. The molecule has 0 N–H and O–H groups in total. The van der Waals surface area contributed by atoms with Crippen LogP contribution in [0, 0.1) is 5.92 Å². The van der Waals surface area contributed by atoms with Gasteiger partial charge in [-0.1, -0.05) is 30.3 Å². The highest BCUT2D eigenvalue weighted by molar-refractivity contribution is 5.74. The van der Waals surface area contributed by atoms with E-state index in [0.29, 0.717) is 0 Å². The van der Waals surface area contributed by atoms with Gasteiger partial charge in [0.15, 0.2) is 0 Å². The van der Waals surface area contributed by atoms with E-state index in [1.165, 1.54) is 5.56 Å². The van der Waals surface area contributed by atoms with Crippen LogP contribution in [0.1, 0.15) is 25.3 Å². The Morgan fingerprint density at radius 2 is 2.07 bits per heavy atom. The van der Waals surface area contributed by atoms with E-state index in [2.05, 4.69) is 12.1 Å². The first-order valence-corrected chi connectivity index (χ1v) is 5.50. The molecule has 2 heteroatoms. The SMILES string of the molecule is C[C@H]1C[C@H](CCc2ccccc2)C(=O)O1. The van der Waals surface area contributed by atoms with Crippen molar-refractivity contribution in [3.05, 3.63) is 35.9 Å². The Kier molecular flexibility index (Phi) is 3.05. The molecule has 0 aromatic heterocycles. The molecule has 2 atom stereocenters. The van der Waals surface area contributed by atoms with Gasteiger partial charge in [0.25, 0.3) is 0 Å². The van der Waals surface area contributed by atoms with Crippen LogP contribution < -0.4 is 0 Å². The Morgan fingerprint density at radius 1 is 1.33 bits per heavy atom. The average Bonchev–Trinajstić information content (AvgIpc) is 2.56. The largest absolute Gasteiger partial charge is 0.462 e. The molecule has 0 saturated carbocycles. The maximum atomic E-state index is 11.4. The Morgan fingerprint density at radius 3 is 2.67 bits per heavy atom. The van der Waals surface area contributed by atoms with Crippen LogP contribution >= 0.6 is 0 Å². The number of hydrogen-bond donors (Lipinski definition) is 0. The van der Waals surface area contributed by atoms with Crippen LogP contribution in [-0.2, 0) is 16.0 Å². The molecule has 1 aliphatic rings. The third kappa shape index (κ3) is 2.58. The van der Waals surface area contributed by atoms with Gasteiger partial charge in [-0.3, -0.25) is 4.79 Å². The minimum Gasteiger partial charge on any atom is -0.462 e. The number of cyclic esters (lactones) is 1. The summed E-state index contributed by atoms with van der Waals surface area (Å²) in [6.45, 7) is 1.96. The fourth-order valence-corrected chi connectivity index (χ4v) is 2.06. The summed E-state index contributed by atoms with van der Waals surface area (Å²) in [4.78, 5) is 11.4. The Balaban J connectivity index is 1.86. The van der Waals surface area contributed by atoms with Crippen molar-refractivity contribution >= 4 is 5.97 Å². The van der Waals surface area contributed by atoms with E-state index in [9.17, 15) is 4.79 Å². The second-order valence-corrected chi connectivity index (χ2v) is 4.20. The molecule has 0 bridgehead atoms. The summed E-state index contributed by atoms with van der Waals surface area (Å²) in [5, 5.41) is 0. The molecule has 1 saturated heterocycles. The molecule has 1 fully saturated rings. The summed E-state index contributed by atoms with van der Waals surface area (Å²) in [6.07, 6.45) is 2.87. The van der Waals surface area contributed by atoms with Crippen molar-refractivity contribution in [3.8, 4) is 0 Å². The highest BCUT2D eigenvalue weighted by Crippen LogP contribution is 2.25. The molecule has 1 heterocycles. The summed E-state index contributed by atoms with van der Waals surface area (Å²) in [5.74, 6) is 0.0960. The molecule has 0 radical (unpaired) electrons. The predicted molar refractivity (Wildman–Crippen MR) is 58.4 cm³/mol. The molecule has 15 heavy (non-hydrogen) atoms. The first-order chi connectivity index (χ1) is 7.25. The van der Waals surface area contributed by atoms with Crippen LogP contribution in [0.2, 0.25) is 0 Å². The van der Waals surface area contributed by atoms with Crippen molar-refractivity contribution in [1.29, 1.82) is 0 Å². The topological polar surface area (TPSA) is 26.3 Å². The number of carbonyl (C=O) groups excluding carboxylic acids is 1. The number of carbonyl (C=O) groups is 1. The van der Waals surface area contributed by atoms with Crippen molar-refractivity contribution in [2.75, 3.05) is 0 Å². The Labute approximate surface area is 90.3 Å². The van der Waals surface area contributed by atoms with Gasteiger partial charge in [0.05, 0.1) is 12.0 Å².